The highest BCUT2D eigenvalue weighted by Crippen LogP contribution is 2.34. The number of piperazine rings is 1. The van der Waals surface area contributed by atoms with Gasteiger partial charge in [-0.25, -0.2) is 0 Å². The monoisotopic (exact) mass is 482 g/mol. The number of anilines is 1. The second kappa shape index (κ2) is 11.9. The molecular weight excluding hydrogens is 441 g/mol. The predicted molar refractivity (Wildman–Crippen MR) is 130 cm³/mol. The third kappa shape index (κ3) is 7.70. The molecule has 192 valence electrons. The molecule has 0 spiro atoms. The van der Waals surface area contributed by atoms with Gasteiger partial charge in [-0.05, 0) is 63.3 Å². The molecule has 1 aromatic rings. The Kier molecular flexibility index (Phi) is 9.44. The fourth-order valence-corrected chi connectivity index (χ4v) is 5.25. The number of benzene rings is 1. The van der Waals surface area contributed by atoms with Crippen LogP contribution in [0.25, 0.3) is 0 Å². The number of hydrogen-bond acceptors (Lipinski definition) is 4. The van der Waals surface area contributed by atoms with Crippen molar-refractivity contribution in [3.63, 3.8) is 0 Å². The maximum absolute atomic E-state index is 13.0. The number of hydrogen-bond donors (Lipinski definition) is 0. The lowest BCUT2D eigenvalue weighted by Gasteiger charge is -2.37. The van der Waals surface area contributed by atoms with Gasteiger partial charge in [0.1, 0.15) is 5.60 Å². The van der Waals surface area contributed by atoms with E-state index in [1.807, 2.05) is 13.8 Å². The molecule has 2 aliphatic rings. The van der Waals surface area contributed by atoms with E-state index < -0.39 is 17.3 Å². The van der Waals surface area contributed by atoms with Crippen molar-refractivity contribution < 1.29 is 22.7 Å². The summed E-state index contributed by atoms with van der Waals surface area (Å²) in [4.78, 5) is 16.7. The molecule has 0 unspecified atom stereocenters. The molecule has 4 nitrogen and oxygen atoms in total. The minimum absolute atomic E-state index is 0.192. The largest absolute Gasteiger partial charge is 0.416 e. The molecule has 0 radical (unpaired) electrons. The summed E-state index contributed by atoms with van der Waals surface area (Å²) in [5.74, 6) is 1.70. The highest BCUT2D eigenvalue weighted by atomic mass is 19.4. The van der Waals surface area contributed by atoms with Crippen molar-refractivity contribution >= 4 is 11.5 Å². The summed E-state index contributed by atoms with van der Waals surface area (Å²) in [6.45, 7) is 8.10. The third-order valence-electron chi connectivity index (χ3n) is 7.93. The van der Waals surface area contributed by atoms with Gasteiger partial charge in [-0.1, -0.05) is 38.2 Å². The van der Waals surface area contributed by atoms with E-state index in [-0.39, 0.29) is 5.78 Å². The number of rotatable bonds is 10. The van der Waals surface area contributed by atoms with E-state index in [1.54, 1.807) is 13.2 Å². The molecule has 1 saturated carbocycles. The van der Waals surface area contributed by atoms with Crippen molar-refractivity contribution in [2.45, 2.75) is 77.0 Å². The normalized spacial score (nSPS) is 22.7. The van der Waals surface area contributed by atoms with Crippen LogP contribution in [0, 0.1) is 11.8 Å². The van der Waals surface area contributed by atoms with Gasteiger partial charge >= 0.3 is 6.18 Å². The van der Waals surface area contributed by atoms with Gasteiger partial charge in [0.05, 0.1) is 5.56 Å². The summed E-state index contributed by atoms with van der Waals surface area (Å²) in [5.41, 5.74) is -0.579. The molecule has 7 heteroatoms. The Balaban J connectivity index is 1.31. The highest BCUT2D eigenvalue weighted by Gasteiger charge is 2.31. The number of carbonyl (C=O) groups is 1. The molecule has 3 rings (SSSR count). The van der Waals surface area contributed by atoms with Gasteiger partial charge in [0.25, 0.3) is 0 Å². The zero-order valence-electron chi connectivity index (χ0n) is 21.0. The lowest BCUT2D eigenvalue weighted by atomic mass is 9.78. The van der Waals surface area contributed by atoms with Crippen LogP contribution in [0.1, 0.15) is 70.8 Å². The first-order valence-corrected chi connectivity index (χ1v) is 12.8. The SMILES string of the molecule is COC(C)(C)C(=O)CCCC1CCC(CCN2CCN(c3cccc(C(F)(F)F)c3)CC2)CC1. The fourth-order valence-electron chi connectivity index (χ4n) is 5.25. The molecule has 1 aliphatic carbocycles. The average molecular weight is 483 g/mol. The zero-order valence-corrected chi connectivity index (χ0v) is 21.0. The Hall–Kier alpha value is -1.60. The number of nitrogens with zero attached hydrogens (tertiary/aromatic N) is 2. The van der Waals surface area contributed by atoms with Crippen LogP contribution in [-0.2, 0) is 15.7 Å². The van der Waals surface area contributed by atoms with E-state index in [0.29, 0.717) is 12.1 Å². The van der Waals surface area contributed by atoms with Crippen molar-refractivity contribution in [2.75, 3.05) is 44.7 Å². The van der Waals surface area contributed by atoms with E-state index in [4.69, 9.17) is 4.74 Å². The first-order valence-electron chi connectivity index (χ1n) is 12.8. The quantitative estimate of drug-likeness (QED) is 0.398. The number of halogens is 3. The molecule has 0 atom stereocenters. The molecule has 0 aromatic heterocycles. The van der Waals surface area contributed by atoms with Crippen LogP contribution in [0.15, 0.2) is 24.3 Å². The van der Waals surface area contributed by atoms with Crippen LogP contribution in [-0.4, -0.2) is 56.1 Å². The first-order chi connectivity index (χ1) is 16.1. The molecular formula is C27H41F3N2O2. The van der Waals surface area contributed by atoms with E-state index in [2.05, 4.69) is 9.80 Å². The lowest BCUT2D eigenvalue weighted by molar-refractivity contribution is -0.138. The maximum Gasteiger partial charge on any atom is 0.416 e. The van der Waals surface area contributed by atoms with Crippen molar-refractivity contribution in [1.29, 1.82) is 0 Å². The minimum Gasteiger partial charge on any atom is -0.371 e. The van der Waals surface area contributed by atoms with Crippen LogP contribution < -0.4 is 4.90 Å². The molecule has 0 N–H and O–H groups in total. The first kappa shape index (κ1) is 27.0. The minimum atomic E-state index is -4.30. The van der Waals surface area contributed by atoms with Gasteiger partial charge in [0, 0.05) is 45.4 Å². The van der Waals surface area contributed by atoms with E-state index in [9.17, 15) is 18.0 Å². The Morgan fingerprint density at radius 1 is 1.00 bits per heavy atom. The number of Topliss-reactive ketones (excluding diaryl/α,β-unsaturated/α-hetero) is 1. The second-order valence-corrected chi connectivity index (χ2v) is 10.6. The van der Waals surface area contributed by atoms with Crippen molar-refractivity contribution in [2.24, 2.45) is 11.8 Å². The number of ketones is 1. The molecule has 1 heterocycles. The van der Waals surface area contributed by atoms with Gasteiger partial charge in [-0.2, -0.15) is 13.2 Å². The molecule has 2 fully saturated rings. The topological polar surface area (TPSA) is 32.8 Å². The van der Waals surface area contributed by atoms with Crippen LogP contribution in [0.3, 0.4) is 0 Å². The summed E-state index contributed by atoms with van der Waals surface area (Å²) >= 11 is 0. The van der Waals surface area contributed by atoms with E-state index >= 15 is 0 Å². The number of alkyl halides is 3. The van der Waals surface area contributed by atoms with Gasteiger partial charge in [0.2, 0.25) is 0 Å². The molecule has 1 saturated heterocycles. The molecule has 0 amide bonds. The zero-order chi connectivity index (χ0) is 24.8. The van der Waals surface area contributed by atoms with Crippen LogP contribution in [0.4, 0.5) is 18.9 Å². The summed E-state index contributed by atoms with van der Waals surface area (Å²) in [5, 5.41) is 0. The van der Waals surface area contributed by atoms with Crippen LogP contribution >= 0.6 is 0 Å². The lowest BCUT2D eigenvalue weighted by Crippen LogP contribution is -2.47. The van der Waals surface area contributed by atoms with Gasteiger partial charge in [0.15, 0.2) is 5.78 Å². The Morgan fingerprint density at radius 2 is 1.62 bits per heavy atom. The smallest absolute Gasteiger partial charge is 0.371 e. The summed E-state index contributed by atoms with van der Waals surface area (Å²) in [6, 6.07) is 5.68. The second-order valence-electron chi connectivity index (χ2n) is 10.6. The number of methoxy groups -OCH3 is 1. The fraction of sp³-hybridized carbons (Fsp3) is 0.741. The third-order valence-corrected chi connectivity index (χ3v) is 7.93. The Morgan fingerprint density at radius 3 is 2.21 bits per heavy atom. The molecule has 34 heavy (non-hydrogen) atoms. The number of ether oxygens (including phenoxy) is 1. The van der Waals surface area contributed by atoms with Crippen LogP contribution in [0.5, 0.6) is 0 Å². The van der Waals surface area contributed by atoms with Crippen molar-refractivity contribution in [3.8, 4) is 0 Å². The Labute approximate surface area is 202 Å². The Bertz CT molecular complexity index is 780. The van der Waals surface area contributed by atoms with E-state index in [0.717, 1.165) is 63.5 Å². The van der Waals surface area contributed by atoms with Gasteiger partial charge in [-0.3, -0.25) is 9.69 Å². The summed E-state index contributed by atoms with van der Waals surface area (Å²) in [6.07, 6.45) is 4.66. The summed E-state index contributed by atoms with van der Waals surface area (Å²) in [7, 11) is 1.59. The predicted octanol–water partition coefficient (Wildman–Crippen LogP) is 6.19. The highest BCUT2D eigenvalue weighted by molar-refractivity contribution is 5.86. The van der Waals surface area contributed by atoms with Crippen molar-refractivity contribution in [3.05, 3.63) is 29.8 Å². The summed E-state index contributed by atoms with van der Waals surface area (Å²) < 4.78 is 44.3. The average Bonchev–Trinajstić information content (AvgIpc) is 2.83. The van der Waals surface area contributed by atoms with Gasteiger partial charge in [-0.15, -0.1) is 0 Å². The molecule has 1 aliphatic heterocycles. The standard InChI is InChI=1S/C27H41F3N2O2/c1-26(2,34-3)25(33)9-4-6-21-10-12-22(13-11-21)14-15-31-16-18-32(19-17-31)24-8-5-7-23(20-24)27(28,29)30/h5,7-8,20-22H,4,6,9-19H2,1-3H3. The maximum atomic E-state index is 13.0. The van der Waals surface area contributed by atoms with Crippen molar-refractivity contribution in [1.82, 2.24) is 4.90 Å². The number of carbonyl (C=O) groups excluding carboxylic acids is 1. The molecule has 0 bridgehead atoms. The van der Waals surface area contributed by atoms with E-state index in [1.165, 1.54) is 44.2 Å². The van der Waals surface area contributed by atoms with Crippen LogP contribution in [0.2, 0.25) is 0 Å². The molecule has 1 aromatic carbocycles. The van der Waals surface area contributed by atoms with Gasteiger partial charge < -0.3 is 9.64 Å².